The fourth-order valence-corrected chi connectivity index (χ4v) is 2.95. The third kappa shape index (κ3) is 4.06. The molecular formula is C16H10Cl2F5N5O. The molecule has 0 atom stereocenters. The molecule has 6 nitrogen and oxygen atoms in total. The van der Waals surface area contributed by atoms with E-state index in [9.17, 15) is 22.0 Å². The van der Waals surface area contributed by atoms with E-state index in [0.29, 0.717) is 12.1 Å². The highest BCUT2D eigenvalue weighted by Crippen LogP contribution is 2.44. The summed E-state index contributed by atoms with van der Waals surface area (Å²) in [5.41, 5.74) is 2.82. The van der Waals surface area contributed by atoms with Crippen molar-refractivity contribution in [2.45, 2.75) is 11.6 Å². The Morgan fingerprint density at radius 3 is 2.31 bits per heavy atom. The Bertz CT molecular complexity index is 1060. The van der Waals surface area contributed by atoms with Crippen molar-refractivity contribution in [3.05, 3.63) is 46.9 Å². The van der Waals surface area contributed by atoms with Crippen molar-refractivity contribution in [3.8, 4) is 22.8 Å². The first-order chi connectivity index (χ1) is 13.4. The summed E-state index contributed by atoms with van der Waals surface area (Å²) in [7, 11) is 1.25. The second-order valence-corrected chi connectivity index (χ2v) is 6.55. The van der Waals surface area contributed by atoms with Crippen LogP contribution in [-0.2, 0) is 11.6 Å². The zero-order valence-electron chi connectivity index (χ0n) is 14.3. The molecule has 3 aromatic rings. The van der Waals surface area contributed by atoms with Crippen molar-refractivity contribution in [2.24, 2.45) is 0 Å². The molecule has 2 aromatic heterocycles. The predicted molar refractivity (Wildman–Crippen MR) is 95.3 cm³/mol. The average molecular weight is 454 g/mol. The minimum atomic E-state index is -4.78. The smallest absolute Gasteiger partial charge is 0.416 e. The maximum Gasteiger partial charge on any atom is 0.416 e. The lowest BCUT2D eigenvalue weighted by atomic mass is 10.0. The normalized spacial score (nSPS) is 12.3. The van der Waals surface area contributed by atoms with Gasteiger partial charge in [-0.1, -0.05) is 11.6 Å². The number of nitrogens with two attached hydrogens (primary N) is 1. The highest BCUT2D eigenvalue weighted by atomic mass is 35.5. The van der Waals surface area contributed by atoms with Crippen LogP contribution in [0.15, 0.2) is 30.6 Å². The second kappa shape index (κ2) is 7.30. The van der Waals surface area contributed by atoms with Gasteiger partial charge in [0, 0.05) is 17.4 Å². The average Bonchev–Trinajstić information content (AvgIpc) is 2.98. The maximum absolute atomic E-state index is 14.0. The van der Waals surface area contributed by atoms with Gasteiger partial charge in [-0.05, 0) is 35.4 Å². The number of benzene rings is 1. The summed E-state index contributed by atoms with van der Waals surface area (Å²) in [6.07, 6.45) is -2.28. The van der Waals surface area contributed by atoms with E-state index in [2.05, 4.69) is 15.1 Å². The number of rotatable bonds is 4. The highest BCUT2D eigenvalue weighted by molar-refractivity contribution is 6.31. The molecule has 2 heterocycles. The van der Waals surface area contributed by atoms with Gasteiger partial charge in [-0.25, -0.2) is 9.97 Å². The molecule has 13 heteroatoms. The maximum atomic E-state index is 14.0. The molecular weight excluding hydrogens is 444 g/mol. The topological polar surface area (TPSA) is 78.9 Å². The summed E-state index contributed by atoms with van der Waals surface area (Å²) in [4.78, 5) is 7.78. The Morgan fingerprint density at radius 1 is 1.07 bits per heavy atom. The minimum Gasteiger partial charge on any atom is -0.478 e. The Balaban J connectivity index is 2.33. The van der Waals surface area contributed by atoms with Crippen LogP contribution in [0.3, 0.4) is 0 Å². The summed E-state index contributed by atoms with van der Waals surface area (Å²) in [6, 6.07) is 2.30. The van der Waals surface area contributed by atoms with E-state index >= 15 is 0 Å². The molecule has 2 N–H and O–H groups in total. The number of methoxy groups -OCH3 is 1. The summed E-state index contributed by atoms with van der Waals surface area (Å²) in [6.45, 7) is 0. The fourth-order valence-electron chi connectivity index (χ4n) is 2.58. The molecule has 0 fully saturated rings. The Morgan fingerprint density at radius 2 is 1.72 bits per heavy atom. The molecule has 29 heavy (non-hydrogen) atoms. The zero-order chi connectivity index (χ0) is 21.6. The van der Waals surface area contributed by atoms with Gasteiger partial charge in [-0.2, -0.15) is 31.7 Å². The van der Waals surface area contributed by atoms with E-state index in [1.54, 1.807) is 0 Å². The predicted octanol–water partition coefficient (Wildman–Crippen LogP) is 4.88. The van der Waals surface area contributed by atoms with Crippen LogP contribution in [0.5, 0.6) is 5.88 Å². The number of nitrogen functional groups attached to an aromatic ring is 1. The van der Waals surface area contributed by atoms with Gasteiger partial charge in [0.15, 0.2) is 5.69 Å². The van der Waals surface area contributed by atoms with Gasteiger partial charge in [0.1, 0.15) is 5.82 Å². The van der Waals surface area contributed by atoms with Crippen molar-refractivity contribution in [2.75, 3.05) is 12.8 Å². The molecule has 0 saturated heterocycles. The lowest BCUT2D eigenvalue weighted by Gasteiger charge is -2.12. The van der Waals surface area contributed by atoms with Gasteiger partial charge >= 0.3 is 11.6 Å². The monoisotopic (exact) mass is 453 g/mol. The van der Waals surface area contributed by atoms with Gasteiger partial charge in [0.25, 0.3) is 5.88 Å². The van der Waals surface area contributed by atoms with E-state index in [0.717, 1.165) is 10.7 Å². The van der Waals surface area contributed by atoms with E-state index in [1.165, 1.54) is 19.5 Å². The third-order valence-electron chi connectivity index (χ3n) is 3.74. The van der Waals surface area contributed by atoms with Crippen LogP contribution in [0.25, 0.3) is 16.9 Å². The molecule has 0 bridgehead atoms. The lowest BCUT2D eigenvalue weighted by Crippen LogP contribution is -2.09. The molecule has 0 unspecified atom stereocenters. The van der Waals surface area contributed by atoms with Crippen LogP contribution in [0.2, 0.25) is 5.02 Å². The van der Waals surface area contributed by atoms with Crippen molar-refractivity contribution >= 4 is 29.0 Å². The molecule has 0 aliphatic rings. The van der Waals surface area contributed by atoms with Gasteiger partial charge in [-0.3, -0.25) is 0 Å². The van der Waals surface area contributed by atoms with E-state index in [4.69, 9.17) is 33.7 Å². The Hall–Kier alpha value is -2.66. The standard InChI is InChI=1S/C16H10Cl2F5N5O/c1-29-14-13(25-2-3-26-14)28-12(24)10(11(27-28)15(18,19)20)7-4-8(16(21,22)23)6-9(17)5-7/h2-6H,24H2,1H3. The van der Waals surface area contributed by atoms with Gasteiger partial charge in [-0.15, -0.1) is 0 Å². The number of aromatic nitrogens is 4. The number of halogens is 7. The Kier molecular flexibility index (Phi) is 5.30. The van der Waals surface area contributed by atoms with Crippen LogP contribution in [-0.4, -0.2) is 26.9 Å². The molecule has 154 valence electrons. The molecule has 0 amide bonds. The van der Waals surface area contributed by atoms with E-state index < -0.39 is 34.2 Å². The molecule has 0 spiro atoms. The zero-order valence-corrected chi connectivity index (χ0v) is 15.8. The highest BCUT2D eigenvalue weighted by Gasteiger charge is 2.39. The van der Waals surface area contributed by atoms with E-state index in [-0.39, 0.29) is 22.3 Å². The molecule has 0 saturated carbocycles. The second-order valence-electron chi connectivity index (χ2n) is 5.63. The number of alkyl halides is 6. The fraction of sp³-hybridized carbons (Fsp3) is 0.188. The molecule has 1 aromatic carbocycles. The summed E-state index contributed by atoms with van der Waals surface area (Å²) < 4.78 is 73.3. The molecule has 0 aliphatic carbocycles. The number of anilines is 1. The first-order valence-corrected chi connectivity index (χ1v) is 8.38. The van der Waals surface area contributed by atoms with Crippen LogP contribution in [0, 0.1) is 0 Å². The minimum absolute atomic E-state index is 0.111. The SMILES string of the molecule is COc1nccnc1-n1nc(C(F)(F)Cl)c(-c2cc(Cl)cc(C(F)(F)F)c2)c1N. The van der Waals surface area contributed by atoms with Crippen molar-refractivity contribution < 1.29 is 26.7 Å². The Labute approximate surface area is 170 Å². The number of nitrogens with zero attached hydrogens (tertiary/aromatic N) is 4. The summed E-state index contributed by atoms with van der Waals surface area (Å²) >= 11 is 10.9. The number of hydrogen-bond acceptors (Lipinski definition) is 5. The van der Waals surface area contributed by atoms with Gasteiger partial charge in [0.2, 0.25) is 5.82 Å². The largest absolute Gasteiger partial charge is 0.478 e. The quantitative estimate of drug-likeness (QED) is 0.449. The van der Waals surface area contributed by atoms with Crippen LogP contribution >= 0.6 is 23.2 Å². The van der Waals surface area contributed by atoms with E-state index in [1.807, 2.05) is 0 Å². The van der Waals surface area contributed by atoms with Crippen LogP contribution < -0.4 is 10.5 Å². The first-order valence-electron chi connectivity index (χ1n) is 7.62. The third-order valence-corrected chi connectivity index (χ3v) is 4.14. The first kappa shape index (κ1) is 21.1. The lowest BCUT2D eigenvalue weighted by molar-refractivity contribution is -0.137. The summed E-state index contributed by atoms with van der Waals surface area (Å²) in [5.74, 6) is -0.742. The van der Waals surface area contributed by atoms with Crippen molar-refractivity contribution in [1.82, 2.24) is 19.7 Å². The van der Waals surface area contributed by atoms with Crippen molar-refractivity contribution in [1.29, 1.82) is 0 Å². The molecule has 3 rings (SSSR count). The molecule has 0 aliphatic heterocycles. The van der Waals surface area contributed by atoms with Crippen LogP contribution in [0.4, 0.5) is 27.8 Å². The molecule has 0 radical (unpaired) electrons. The number of ether oxygens (including phenoxy) is 1. The number of hydrogen-bond donors (Lipinski definition) is 1. The van der Waals surface area contributed by atoms with Gasteiger partial charge < -0.3 is 10.5 Å². The summed E-state index contributed by atoms with van der Waals surface area (Å²) in [5, 5.41) is -0.749. The van der Waals surface area contributed by atoms with Crippen LogP contribution in [0.1, 0.15) is 11.3 Å². The van der Waals surface area contributed by atoms with Crippen molar-refractivity contribution in [3.63, 3.8) is 0 Å². The van der Waals surface area contributed by atoms with Gasteiger partial charge in [0.05, 0.1) is 18.2 Å².